The molecule has 0 saturated heterocycles. The lowest BCUT2D eigenvalue weighted by molar-refractivity contribution is 0.0848. The molecule has 7 heteroatoms. The van der Waals surface area contributed by atoms with E-state index >= 15 is 0 Å². The largest absolute Gasteiger partial charge is 0.365 e. The van der Waals surface area contributed by atoms with Crippen molar-refractivity contribution in [2.24, 2.45) is 4.99 Å². The number of benzene rings is 1. The van der Waals surface area contributed by atoms with Crippen molar-refractivity contribution in [1.29, 1.82) is 0 Å². The van der Waals surface area contributed by atoms with Crippen LogP contribution in [-0.2, 0) is 6.54 Å². The van der Waals surface area contributed by atoms with Crippen molar-refractivity contribution >= 4 is 28.7 Å². The Morgan fingerprint density at radius 2 is 2.04 bits per heavy atom. The smallest absolute Gasteiger partial charge is 0.263 e. The highest BCUT2D eigenvalue weighted by Gasteiger charge is 2.35. The Morgan fingerprint density at radius 1 is 1.31 bits per heavy atom. The number of nitrogens with one attached hydrogen (secondary N) is 1. The van der Waals surface area contributed by atoms with Gasteiger partial charge in [0, 0.05) is 12.7 Å². The number of amides is 1. The van der Waals surface area contributed by atoms with Crippen molar-refractivity contribution in [1.82, 2.24) is 9.88 Å². The monoisotopic (exact) mass is 372 g/mol. The Morgan fingerprint density at radius 3 is 2.73 bits per heavy atom. The van der Waals surface area contributed by atoms with Crippen LogP contribution < -0.4 is 5.32 Å². The predicted octanol–water partition coefficient (Wildman–Crippen LogP) is 3.79. The molecule has 1 aromatic carbocycles. The zero-order valence-electron chi connectivity index (χ0n) is 15.0. The van der Waals surface area contributed by atoms with Gasteiger partial charge in [-0.3, -0.25) is 14.7 Å². The number of thioether (sulfide) groups is 1. The summed E-state index contributed by atoms with van der Waals surface area (Å²) >= 11 is 1.46. The van der Waals surface area contributed by atoms with Gasteiger partial charge in [0.1, 0.15) is 11.6 Å². The molecule has 5 nitrogen and oxygen atoms in total. The lowest BCUT2D eigenvalue weighted by atomic mass is 10.1. The van der Waals surface area contributed by atoms with Gasteiger partial charge in [-0.1, -0.05) is 23.9 Å². The first-order valence-electron chi connectivity index (χ1n) is 8.29. The first-order chi connectivity index (χ1) is 12.4. The van der Waals surface area contributed by atoms with Crippen molar-refractivity contribution < 1.29 is 9.18 Å². The van der Waals surface area contributed by atoms with Crippen molar-refractivity contribution in [3.8, 4) is 0 Å². The lowest BCUT2D eigenvalue weighted by Gasteiger charge is -2.21. The number of hydrogen-bond donors (Lipinski definition) is 1. The molecule has 1 aliphatic rings. The van der Waals surface area contributed by atoms with Crippen LogP contribution in [-0.4, -0.2) is 39.3 Å². The van der Waals surface area contributed by atoms with Gasteiger partial charge < -0.3 is 5.32 Å². The first-order valence-corrected chi connectivity index (χ1v) is 9.51. The molecule has 0 bridgehead atoms. The number of hydrogen-bond acceptors (Lipinski definition) is 5. The Balaban J connectivity index is 1.79. The van der Waals surface area contributed by atoms with Crippen molar-refractivity contribution in [2.45, 2.75) is 25.9 Å². The van der Waals surface area contributed by atoms with Crippen molar-refractivity contribution in [2.75, 3.05) is 18.1 Å². The van der Waals surface area contributed by atoms with Crippen LogP contribution in [0.25, 0.3) is 0 Å². The van der Waals surface area contributed by atoms with Crippen LogP contribution in [0.2, 0.25) is 0 Å². The molecule has 26 heavy (non-hydrogen) atoms. The van der Waals surface area contributed by atoms with E-state index in [0.717, 1.165) is 5.56 Å². The number of nitrogens with zero attached hydrogens (tertiary/aromatic N) is 3. The van der Waals surface area contributed by atoms with Gasteiger partial charge in [0.2, 0.25) is 0 Å². The third kappa shape index (κ3) is 4.04. The number of carbonyl (C=O) groups excluding carboxylic acids is 1. The Bertz CT molecular complexity index is 836. The summed E-state index contributed by atoms with van der Waals surface area (Å²) in [5.41, 5.74) is 1.11. The second-order valence-corrected chi connectivity index (χ2v) is 7.46. The number of amidine groups is 1. The molecule has 3 rings (SSSR count). The molecule has 0 spiro atoms. The molecular weight excluding hydrogens is 351 g/mol. The molecule has 1 aliphatic heterocycles. The van der Waals surface area contributed by atoms with E-state index in [9.17, 15) is 9.18 Å². The van der Waals surface area contributed by atoms with Gasteiger partial charge in [-0.05, 0) is 49.9 Å². The molecule has 0 aliphatic carbocycles. The molecule has 1 amide bonds. The molecule has 0 saturated carbocycles. The van der Waals surface area contributed by atoms with E-state index in [1.807, 2.05) is 20.1 Å². The standard InChI is InChI=1S/C19H21FN4OS/c1-19(2)12-24(18(23-19)26-3)17(25)15-5-4-10-21-16(15)22-11-13-6-8-14(20)9-7-13/h4-10H,11-12H2,1-3H3,(H,21,22). The van der Waals surface area contributed by atoms with Gasteiger partial charge in [0.15, 0.2) is 5.17 Å². The van der Waals surface area contributed by atoms with Crippen molar-refractivity contribution in [3.05, 3.63) is 59.5 Å². The van der Waals surface area contributed by atoms with Crippen LogP contribution in [0.4, 0.5) is 10.2 Å². The summed E-state index contributed by atoms with van der Waals surface area (Å²) < 4.78 is 13.0. The minimum absolute atomic E-state index is 0.126. The molecule has 1 aromatic heterocycles. The van der Waals surface area contributed by atoms with Gasteiger partial charge >= 0.3 is 0 Å². The van der Waals surface area contributed by atoms with Gasteiger partial charge in [0.05, 0.1) is 17.6 Å². The highest BCUT2D eigenvalue weighted by atomic mass is 32.2. The number of pyridine rings is 1. The second kappa shape index (κ2) is 7.45. The third-order valence-electron chi connectivity index (χ3n) is 4.01. The van der Waals surface area contributed by atoms with Crippen LogP contribution in [0.15, 0.2) is 47.6 Å². The normalized spacial score (nSPS) is 15.7. The minimum atomic E-state index is -0.294. The molecule has 0 fully saturated rings. The topological polar surface area (TPSA) is 57.6 Å². The molecule has 0 radical (unpaired) electrons. The van der Waals surface area contributed by atoms with E-state index in [4.69, 9.17) is 0 Å². The average molecular weight is 372 g/mol. The quantitative estimate of drug-likeness (QED) is 0.887. The Hall–Kier alpha value is -2.41. The van der Waals surface area contributed by atoms with Gasteiger partial charge in [-0.25, -0.2) is 9.37 Å². The average Bonchev–Trinajstić information content (AvgIpc) is 2.96. The minimum Gasteiger partial charge on any atom is -0.365 e. The second-order valence-electron chi connectivity index (χ2n) is 6.68. The SMILES string of the molecule is CSC1=NC(C)(C)CN1C(=O)c1cccnc1NCc1ccc(F)cc1. The van der Waals surface area contributed by atoms with Gasteiger partial charge in [-0.15, -0.1) is 0 Å². The molecule has 136 valence electrons. The first kappa shape index (κ1) is 18.4. The van der Waals surface area contributed by atoms with E-state index in [1.165, 1.54) is 23.9 Å². The van der Waals surface area contributed by atoms with E-state index in [2.05, 4.69) is 15.3 Å². The number of carbonyl (C=O) groups is 1. The maximum absolute atomic E-state index is 13.1. The lowest BCUT2D eigenvalue weighted by Crippen LogP contribution is -2.37. The zero-order valence-corrected chi connectivity index (χ0v) is 15.8. The number of anilines is 1. The molecule has 2 heterocycles. The fourth-order valence-electron chi connectivity index (χ4n) is 2.78. The summed E-state index contributed by atoms with van der Waals surface area (Å²) in [4.78, 5) is 23.7. The van der Waals surface area contributed by atoms with Gasteiger partial charge in [0.25, 0.3) is 5.91 Å². The summed E-state index contributed by atoms with van der Waals surface area (Å²) in [7, 11) is 0. The highest BCUT2D eigenvalue weighted by Crippen LogP contribution is 2.27. The number of aromatic nitrogens is 1. The molecule has 0 unspecified atom stereocenters. The predicted molar refractivity (Wildman–Crippen MR) is 104 cm³/mol. The number of halogens is 1. The van der Waals surface area contributed by atoms with Crippen LogP contribution >= 0.6 is 11.8 Å². The van der Waals surface area contributed by atoms with Crippen molar-refractivity contribution in [3.63, 3.8) is 0 Å². The third-order valence-corrected chi connectivity index (χ3v) is 4.69. The molecule has 2 aromatic rings. The van der Waals surface area contributed by atoms with E-state index in [-0.39, 0.29) is 17.3 Å². The number of rotatable bonds is 4. The van der Waals surface area contributed by atoms with Crippen LogP contribution in [0.5, 0.6) is 0 Å². The zero-order chi connectivity index (χ0) is 18.7. The molecule has 0 atom stereocenters. The maximum Gasteiger partial charge on any atom is 0.263 e. The fraction of sp³-hybridized carbons (Fsp3) is 0.316. The van der Waals surface area contributed by atoms with Crippen LogP contribution in [0.3, 0.4) is 0 Å². The van der Waals surface area contributed by atoms with E-state index in [0.29, 0.717) is 29.6 Å². The summed E-state index contributed by atoms with van der Waals surface area (Å²) in [6.07, 6.45) is 3.55. The Kier molecular flexibility index (Phi) is 5.27. The Labute approximate surface area is 156 Å². The summed E-state index contributed by atoms with van der Waals surface area (Å²) in [6.45, 7) is 5.00. The van der Waals surface area contributed by atoms with E-state index in [1.54, 1.807) is 35.4 Å². The van der Waals surface area contributed by atoms with Crippen LogP contribution in [0, 0.1) is 5.82 Å². The summed E-state index contributed by atoms with van der Waals surface area (Å²) in [5, 5.41) is 3.90. The van der Waals surface area contributed by atoms with E-state index < -0.39 is 0 Å². The highest BCUT2D eigenvalue weighted by molar-refractivity contribution is 8.13. The summed E-state index contributed by atoms with van der Waals surface area (Å²) in [5.74, 6) is 0.105. The molecular formula is C19H21FN4OS. The number of aliphatic imine (C=N–C) groups is 1. The van der Waals surface area contributed by atoms with Crippen LogP contribution in [0.1, 0.15) is 29.8 Å². The summed E-state index contributed by atoms with van der Waals surface area (Å²) in [6, 6.07) is 9.73. The fourth-order valence-corrected chi connectivity index (χ4v) is 3.48. The molecule has 1 N–H and O–H groups in total. The van der Waals surface area contributed by atoms with Gasteiger partial charge in [-0.2, -0.15) is 0 Å². The maximum atomic E-state index is 13.1.